The first-order valence-electron chi connectivity index (χ1n) is 8.42. The average molecular weight is 445 g/mol. The summed E-state index contributed by atoms with van der Waals surface area (Å²) in [5.41, 5.74) is 2.66. The van der Waals surface area contributed by atoms with E-state index in [0.29, 0.717) is 5.56 Å². The van der Waals surface area contributed by atoms with Crippen LogP contribution in [0.5, 0.6) is 0 Å². The number of benzene rings is 2. The molecular weight excluding hydrogens is 425 g/mol. The molecular formula is C20H20IN3O. The van der Waals surface area contributed by atoms with Crippen molar-refractivity contribution >= 4 is 28.5 Å². The highest BCUT2D eigenvalue weighted by atomic mass is 127. The van der Waals surface area contributed by atoms with Crippen LogP contribution < -0.4 is 0 Å². The Hall–Kier alpha value is -1.91. The summed E-state index contributed by atoms with van der Waals surface area (Å²) in [6.45, 7) is 4.26. The van der Waals surface area contributed by atoms with Gasteiger partial charge in [0, 0.05) is 41.9 Å². The Morgan fingerprint density at radius 3 is 2.60 bits per heavy atom. The van der Waals surface area contributed by atoms with Crippen LogP contribution in [0.1, 0.15) is 27.9 Å². The maximum Gasteiger partial charge on any atom is 0.253 e. The van der Waals surface area contributed by atoms with Gasteiger partial charge in [0.1, 0.15) is 0 Å². The summed E-state index contributed by atoms with van der Waals surface area (Å²) in [5.74, 6) is 0.124. The monoisotopic (exact) mass is 445 g/mol. The van der Waals surface area contributed by atoms with Gasteiger partial charge in [-0.2, -0.15) is 5.26 Å². The first-order chi connectivity index (χ1) is 12.2. The van der Waals surface area contributed by atoms with Gasteiger partial charge in [0.25, 0.3) is 5.91 Å². The second-order valence-electron chi connectivity index (χ2n) is 6.24. The van der Waals surface area contributed by atoms with Crippen LogP contribution in [0.15, 0.2) is 48.5 Å². The highest BCUT2D eigenvalue weighted by molar-refractivity contribution is 14.1. The van der Waals surface area contributed by atoms with Gasteiger partial charge in [-0.3, -0.25) is 9.69 Å². The lowest BCUT2D eigenvalue weighted by molar-refractivity contribution is 0.0761. The van der Waals surface area contributed by atoms with Crippen molar-refractivity contribution in [2.75, 3.05) is 26.2 Å². The fraction of sp³-hybridized carbons (Fsp3) is 0.300. The van der Waals surface area contributed by atoms with E-state index in [2.05, 4.69) is 33.6 Å². The van der Waals surface area contributed by atoms with Crippen molar-refractivity contribution in [1.82, 2.24) is 9.80 Å². The summed E-state index contributed by atoms with van der Waals surface area (Å²) in [4.78, 5) is 17.1. The molecule has 1 aliphatic heterocycles. The molecule has 1 saturated heterocycles. The third-order valence-corrected chi connectivity index (χ3v) is 5.11. The van der Waals surface area contributed by atoms with Crippen LogP contribution in [0.25, 0.3) is 0 Å². The summed E-state index contributed by atoms with van der Waals surface area (Å²) < 4.78 is 1.08. The minimum absolute atomic E-state index is 0.124. The summed E-state index contributed by atoms with van der Waals surface area (Å²) in [6.07, 6.45) is 0.978. The second-order valence-corrected chi connectivity index (χ2v) is 7.49. The molecule has 0 radical (unpaired) electrons. The number of rotatable bonds is 3. The van der Waals surface area contributed by atoms with E-state index in [4.69, 9.17) is 5.26 Å². The first kappa shape index (κ1) is 17.9. The zero-order valence-corrected chi connectivity index (χ0v) is 16.1. The quantitative estimate of drug-likeness (QED) is 0.680. The zero-order chi connectivity index (χ0) is 17.6. The van der Waals surface area contributed by atoms with Crippen LogP contribution in [-0.4, -0.2) is 41.9 Å². The number of carbonyl (C=O) groups is 1. The predicted molar refractivity (Wildman–Crippen MR) is 106 cm³/mol. The van der Waals surface area contributed by atoms with Crippen molar-refractivity contribution in [3.05, 3.63) is 68.8 Å². The minimum atomic E-state index is 0.124. The van der Waals surface area contributed by atoms with E-state index in [-0.39, 0.29) is 5.91 Å². The standard InChI is InChI=1S/C20H20IN3O/c21-19-4-1-3-18(13-19)20(25)24-10-2-9-23(11-12-24)15-17-7-5-16(14-22)6-8-17/h1,3-8,13H,2,9-12,15H2. The first-order valence-corrected chi connectivity index (χ1v) is 9.50. The van der Waals surface area contributed by atoms with Crippen LogP contribution >= 0.6 is 22.6 Å². The molecule has 0 bridgehead atoms. The van der Waals surface area contributed by atoms with Crippen LogP contribution in [0, 0.1) is 14.9 Å². The molecule has 5 heteroatoms. The third-order valence-electron chi connectivity index (χ3n) is 4.44. The van der Waals surface area contributed by atoms with Crippen LogP contribution in [0.2, 0.25) is 0 Å². The summed E-state index contributed by atoms with van der Waals surface area (Å²) in [5, 5.41) is 8.88. The Morgan fingerprint density at radius 1 is 1.08 bits per heavy atom. The Morgan fingerprint density at radius 2 is 1.88 bits per heavy atom. The molecule has 4 nitrogen and oxygen atoms in total. The summed E-state index contributed by atoms with van der Waals surface area (Å²) >= 11 is 2.24. The van der Waals surface area contributed by atoms with Gasteiger partial charge in [-0.25, -0.2) is 0 Å². The lowest BCUT2D eigenvalue weighted by Crippen LogP contribution is -2.35. The van der Waals surface area contributed by atoms with E-state index < -0.39 is 0 Å². The molecule has 3 rings (SSSR count). The average Bonchev–Trinajstić information content (AvgIpc) is 2.87. The van der Waals surface area contributed by atoms with Gasteiger partial charge in [0.15, 0.2) is 0 Å². The van der Waals surface area contributed by atoms with E-state index in [1.807, 2.05) is 53.4 Å². The van der Waals surface area contributed by atoms with Crippen LogP contribution in [-0.2, 0) is 6.54 Å². The van der Waals surface area contributed by atoms with Gasteiger partial charge >= 0.3 is 0 Å². The van der Waals surface area contributed by atoms with Crippen LogP contribution in [0.4, 0.5) is 0 Å². The Kier molecular flexibility index (Phi) is 6.05. The molecule has 2 aromatic carbocycles. The maximum atomic E-state index is 12.7. The number of carbonyl (C=O) groups excluding carboxylic acids is 1. The molecule has 0 aliphatic carbocycles. The predicted octanol–water partition coefficient (Wildman–Crippen LogP) is 3.51. The van der Waals surface area contributed by atoms with Crippen LogP contribution in [0.3, 0.4) is 0 Å². The largest absolute Gasteiger partial charge is 0.337 e. The molecule has 1 fully saturated rings. The van der Waals surface area contributed by atoms with Gasteiger partial charge < -0.3 is 4.90 Å². The summed E-state index contributed by atoms with van der Waals surface area (Å²) in [6, 6.07) is 17.7. The molecule has 1 amide bonds. The van der Waals surface area contributed by atoms with Gasteiger partial charge in [0.2, 0.25) is 0 Å². The number of amides is 1. The van der Waals surface area contributed by atoms with Crippen molar-refractivity contribution in [1.29, 1.82) is 5.26 Å². The minimum Gasteiger partial charge on any atom is -0.337 e. The zero-order valence-electron chi connectivity index (χ0n) is 14.0. The number of halogens is 1. The highest BCUT2D eigenvalue weighted by Gasteiger charge is 2.20. The number of nitrogens with zero attached hydrogens (tertiary/aromatic N) is 3. The Bertz CT molecular complexity index is 782. The molecule has 25 heavy (non-hydrogen) atoms. The molecule has 2 aromatic rings. The van der Waals surface area contributed by atoms with E-state index in [1.54, 1.807) is 0 Å². The molecule has 1 aliphatic rings. The van der Waals surface area contributed by atoms with Crippen molar-refractivity contribution in [3.63, 3.8) is 0 Å². The number of hydrogen-bond donors (Lipinski definition) is 0. The van der Waals surface area contributed by atoms with E-state index >= 15 is 0 Å². The second kappa shape index (κ2) is 8.45. The van der Waals surface area contributed by atoms with Gasteiger partial charge in [-0.1, -0.05) is 18.2 Å². The molecule has 0 saturated carbocycles. The third kappa shape index (κ3) is 4.80. The molecule has 128 valence electrons. The Labute approximate surface area is 162 Å². The number of hydrogen-bond acceptors (Lipinski definition) is 3. The van der Waals surface area contributed by atoms with Crippen molar-refractivity contribution in [2.45, 2.75) is 13.0 Å². The molecule has 1 heterocycles. The van der Waals surface area contributed by atoms with Crippen molar-refractivity contribution in [3.8, 4) is 6.07 Å². The lowest BCUT2D eigenvalue weighted by Gasteiger charge is -2.22. The van der Waals surface area contributed by atoms with Gasteiger partial charge in [0.05, 0.1) is 11.6 Å². The number of nitriles is 1. The molecule has 0 atom stereocenters. The van der Waals surface area contributed by atoms with E-state index in [0.717, 1.165) is 48.3 Å². The SMILES string of the molecule is N#Cc1ccc(CN2CCCN(C(=O)c3cccc(I)c3)CC2)cc1. The topological polar surface area (TPSA) is 47.3 Å². The van der Waals surface area contributed by atoms with Gasteiger partial charge in [-0.15, -0.1) is 0 Å². The fourth-order valence-electron chi connectivity index (χ4n) is 3.08. The summed E-state index contributed by atoms with van der Waals surface area (Å²) in [7, 11) is 0. The smallest absolute Gasteiger partial charge is 0.253 e. The lowest BCUT2D eigenvalue weighted by atomic mass is 10.1. The van der Waals surface area contributed by atoms with Crippen molar-refractivity contribution in [2.24, 2.45) is 0 Å². The molecule has 0 spiro atoms. The molecule has 0 N–H and O–H groups in total. The Balaban J connectivity index is 1.60. The molecule has 0 unspecified atom stereocenters. The van der Waals surface area contributed by atoms with E-state index in [9.17, 15) is 4.79 Å². The normalized spacial score (nSPS) is 15.4. The van der Waals surface area contributed by atoms with Crippen molar-refractivity contribution < 1.29 is 4.79 Å². The highest BCUT2D eigenvalue weighted by Crippen LogP contribution is 2.14. The molecule has 0 aromatic heterocycles. The maximum absolute atomic E-state index is 12.7. The van der Waals surface area contributed by atoms with Gasteiger partial charge in [-0.05, 0) is 64.9 Å². The van der Waals surface area contributed by atoms with E-state index in [1.165, 1.54) is 5.56 Å². The fourth-order valence-corrected chi connectivity index (χ4v) is 3.62.